The molecule has 0 amide bonds. The SMILES string of the molecule is CN(C)c1cnn(C2CCN(S(=O)(=O)N3CCCCC3)CC2)c1. The molecule has 1 aromatic rings. The van der Waals surface area contributed by atoms with Crippen molar-refractivity contribution in [1.82, 2.24) is 18.4 Å². The van der Waals surface area contributed by atoms with Gasteiger partial charge in [-0.05, 0) is 25.7 Å². The molecule has 7 nitrogen and oxygen atoms in total. The summed E-state index contributed by atoms with van der Waals surface area (Å²) in [4.78, 5) is 2.03. The first-order valence-corrected chi connectivity index (χ1v) is 9.85. The molecule has 2 aliphatic rings. The zero-order chi connectivity index (χ0) is 16.4. The Morgan fingerprint density at radius 2 is 1.65 bits per heavy atom. The van der Waals surface area contributed by atoms with Gasteiger partial charge in [-0.15, -0.1) is 0 Å². The van der Waals surface area contributed by atoms with Crippen molar-refractivity contribution in [3.63, 3.8) is 0 Å². The van der Waals surface area contributed by atoms with Gasteiger partial charge < -0.3 is 4.90 Å². The van der Waals surface area contributed by atoms with Crippen LogP contribution in [-0.2, 0) is 10.2 Å². The largest absolute Gasteiger partial charge is 0.375 e. The Balaban J connectivity index is 1.61. The van der Waals surface area contributed by atoms with Gasteiger partial charge in [-0.2, -0.15) is 22.1 Å². The van der Waals surface area contributed by atoms with Crippen molar-refractivity contribution >= 4 is 15.9 Å². The van der Waals surface area contributed by atoms with Crippen LogP contribution < -0.4 is 4.90 Å². The van der Waals surface area contributed by atoms with Gasteiger partial charge in [0.25, 0.3) is 10.2 Å². The summed E-state index contributed by atoms with van der Waals surface area (Å²) in [6.45, 7) is 2.52. The summed E-state index contributed by atoms with van der Waals surface area (Å²) < 4.78 is 30.7. The molecule has 0 aromatic carbocycles. The van der Waals surface area contributed by atoms with Gasteiger partial charge in [0.1, 0.15) is 0 Å². The third-order valence-corrected chi connectivity index (χ3v) is 6.90. The van der Waals surface area contributed by atoms with Crippen LogP contribution >= 0.6 is 0 Å². The Morgan fingerprint density at radius 3 is 2.22 bits per heavy atom. The Labute approximate surface area is 139 Å². The molecule has 0 unspecified atom stereocenters. The normalized spacial score (nSPS) is 22.3. The van der Waals surface area contributed by atoms with Crippen LogP contribution in [-0.4, -0.2) is 67.1 Å². The highest BCUT2D eigenvalue weighted by molar-refractivity contribution is 7.86. The average molecular weight is 341 g/mol. The molecule has 0 spiro atoms. The summed E-state index contributed by atoms with van der Waals surface area (Å²) in [5.74, 6) is 0. The molecule has 130 valence electrons. The van der Waals surface area contributed by atoms with Gasteiger partial charge in [-0.1, -0.05) is 6.42 Å². The predicted octanol–water partition coefficient (Wildman–Crippen LogP) is 1.32. The number of aromatic nitrogens is 2. The lowest BCUT2D eigenvalue weighted by Gasteiger charge is -2.36. The Hall–Kier alpha value is -1.12. The van der Waals surface area contributed by atoms with E-state index in [1.54, 1.807) is 8.61 Å². The zero-order valence-electron chi connectivity index (χ0n) is 14.1. The summed E-state index contributed by atoms with van der Waals surface area (Å²) in [5.41, 5.74) is 1.08. The molecular formula is C15H27N5O2S. The predicted molar refractivity (Wildman–Crippen MR) is 90.7 cm³/mol. The minimum absolute atomic E-state index is 0.288. The Kier molecular flexibility index (Phi) is 4.93. The van der Waals surface area contributed by atoms with Gasteiger partial charge in [0.05, 0.1) is 17.9 Å². The zero-order valence-corrected chi connectivity index (χ0v) is 14.9. The van der Waals surface area contributed by atoms with Crippen LogP contribution in [0.2, 0.25) is 0 Å². The third-order valence-electron chi connectivity index (χ3n) is 4.87. The summed E-state index contributed by atoms with van der Waals surface area (Å²) >= 11 is 0. The van der Waals surface area contributed by atoms with Crippen molar-refractivity contribution in [1.29, 1.82) is 0 Å². The molecule has 0 aliphatic carbocycles. The minimum Gasteiger partial charge on any atom is -0.375 e. The third kappa shape index (κ3) is 3.54. The molecular weight excluding hydrogens is 314 g/mol. The quantitative estimate of drug-likeness (QED) is 0.829. The van der Waals surface area contributed by atoms with Crippen molar-refractivity contribution in [3.8, 4) is 0 Å². The molecule has 0 atom stereocenters. The van der Waals surface area contributed by atoms with E-state index in [0.29, 0.717) is 26.2 Å². The molecule has 0 N–H and O–H groups in total. The van der Waals surface area contributed by atoms with Gasteiger partial charge >= 0.3 is 0 Å². The summed E-state index contributed by atoms with van der Waals surface area (Å²) in [6.07, 6.45) is 8.65. The maximum Gasteiger partial charge on any atom is 0.281 e. The van der Waals surface area contributed by atoms with E-state index in [-0.39, 0.29) is 6.04 Å². The second-order valence-electron chi connectivity index (χ2n) is 6.67. The lowest BCUT2D eigenvalue weighted by atomic mass is 10.1. The van der Waals surface area contributed by atoms with E-state index in [1.165, 1.54) is 0 Å². The van der Waals surface area contributed by atoms with E-state index in [4.69, 9.17) is 0 Å². The number of anilines is 1. The first-order valence-electron chi connectivity index (χ1n) is 8.45. The molecule has 2 saturated heterocycles. The molecule has 3 rings (SSSR count). The standard InChI is InChI=1S/C15H27N5O2S/c1-17(2)15-12-16-20(13-15)14-6-10-19(11-7-14)23(21,22)18-8-4-3-5-9-18/h12-14H,3-11H2,1-2H3. The van der Waals surface area contributed by atoms with Crippen LogP contribution in [0.4, 0.5) is 5.69 Å². The van der Waals surface area contributed by atoms with E-state index in [9.17, 15) is 8.42 Å². The van der Waals surface area contributed by atoms with Gasteiger partial charge in [-0.25, -0.2) is 0 Å². The van der Waals surface area contributed by atoms with Gasteiger partial charge in [-0.3, -0.25) is 4.68 Å². The lowest BCUT2D eigenvalue weighted by molar-refractivity contribution is 0.237. The second kappa shape index (κ2) is 6.78. The van der Waals surface area contributed by atoms with Gasteiger partial charge in [0.2, 0.25) is 0 Å². The fourth-order valence-corrected chi connectivity index (χ4v) is 5.07. The van der Waals surface area contributed by atoms with Crippen molar-refractivity contribution in [2.24, 2.45) is 0 Å². The lowest BCUT2D eigenvalue weighted by Crippen LogP contribution is -2.48. The molecule has 0 saturated carbocycles. The summed E-state index contributed by atoms with van der Waals surface area (Å²) in [5, 5.41) is 4.43. The summed E-state index contributed by atoms with van der Waals surface area (Å²) in [7, 11) is 0.720. The van der Waals surface area contributed by atoms with Crippen LogP contribution in [0.25, 0.3) is 0 Å². The number of hydrogen-bond donors (Lipinski definition) is 0. The molecule has 3 heterocycles. The molecule has 0 radical (unpaired) electrons. The maximum atomic E-state index is 12.7. The highest BCUT2D eigenvalue weighted by atomic mass is 32.2. The van der Waals surface area contributed by atoms with Crippen LogP contribution in [0.3, 0.4) is 0 Å². The number of piperidine rings is 2. The van der Waals surface area contributed by atoms with E-state index >= 15 is 0 Å². The average Bonchev–Trinajstić information content (AvgIpc) is 3.06. The highest BCUT2D eigenvalue weighted by Crippen LogP contribution is 2.27. The van der Waals surface area contributed by atoms with Crippen molar-refractivity contribution in [2.45, 2.75) is 38.1 Å². The highest BCUT2D eigenvalue weighted by Gasteiger charge is 2.34. The Bertz CT molecular complexity index is 614. The van der Waals surface area contributed by atoms with Gasteiger partial charge in [0, 0.05) is 46.5 Å². The summed E-state index contributed by atoms with van der Waals surface area (Å²) in [6, 6.07) is 0.288. The van der Waals surface area contributed by atoms with Crippen LogP contribution in [0.1, 0.15) is 38.1 Å². The fourth-order valence-electron chi connectivity index (χ4n) is 3.35. The number of nitrogens with zero attached hydrogens (tertiary/aromatic N) is 5. The molecule has 2 fully saturated rings. The first kappa shape index (κ1) is 16.7. The monoisotopic (exact) mass is 341 g/mol. The molecule has 0 bridgehead atoms. The van der Waals surface area contributed by atoms with E-state index in [1.807, 2.05) is 36.1 Å². The molecule has 1 aromatic heterocycles. The smallest absolute Gasteiger partial charge is 0.281 e. The molecule has 2 aliphatic heterocycles. The maximum absolute atomic E-state index is 12.7. The van der Waals surface area contributed by atoms with Gasteiger partial charge in [0.15, 0.2) is 0 Å². The van der Waals surface area contributed by atoms with Crippen molar-refractivity contribution in [3.05, 3.63) is 12.4 Å². The topological polar surface area (TPSA) is 61.7 Å². The minimum atomic E-state index is -3.27. The second-order valence-corrected chi connectivity index (χ2v) is 8.60. The Morgan fingerprint density at radius 1 is 1.04 bits per heavy atom. The van der Waals surface area contributed by atoms with Crippen LogP contribution in [0, 0.1) is 0 Å². The fraction of sp³-hybridized carbons (Fsp3) is 0.800. The molecule has 23 heavy (non-hydrogen) atoms. The van der Waals surface area contributed by atoms with Crippen molar-refractivity contribution < 1.29 is 8.42 Å². The van der Waals surface area contributed by atoms with Crippen LogP contribution in [0.5, 0.6) is 0 Å². The number of hydrogen-bond acceptors (Lipinski definition) is 4. The van der Waals surface area contributed by atoms with Crippen LogP contribution in [0.15, 0.2) is 12.4 Å². The van der Waals surface area contributed by atoms with E-state index < -0.39 is 10.2 Å². The van der Waals surface area contributed by atoms with E-state index in [0.717, 1.165) is 37.8 Å². The van der Waals surface area contributed by atoms with E-state index in [2.05, 4.69) is 5.10 Å². The first-order chi connectivity index (χ1) is 11.0. The molecule has 8 heteroatoms. The van der Waals surface area contributed by atoms with Crippen molar-refractivity contribution in [2.75, 3.05) is 45.2 Å². The number of rotatable bonds is 4.